The van der Waals surface area contributed by atoms with Crippen molar-refractivity contribution >= 4 is 34.3 Å². The third-order valence-electron chi connectivity index (χ3n) is 5.52. The maximum Gasteiger partial charge on any atom is 0.290 e. The number of hydrogen-bond acceptors (Lipinski definition) is 5. The lowest BCUT2D eigenvalue weighted by atomic mass is 9.92. The van der Waals surface area contributed by atoms with Crippen LogP contribution in [0.4, 0.5) is 0 Å². The van der Waals surface area contributed by atoms with E-state index in [9.17, 15) is 14.7 Å². The zero-order valence-electron chi connectivity index (χ0n) is 17.6. The molecule has 1 aliphatic rings. The van der Waals surface area contributed by atoms with Gasteiger partial charge >= 0.3 is 0 Å². The highest BCUT2D eigenvalue weighted by atomic mass is 35.5. The Morgan fingerprint density at radius 3 is 2.65 bits per heavy atom. The molecule has 1 atom stereocenters. The van der Waals surface area contributed by atoms with Gasteiger partial charge < -0.3 is 19.3 Å². The molecular weight excluding hydrogens is 416 g/mol. The predicted octanol–water partition coefficient (Wildman–Crippen LogP) is 4.53. The summed E-state index contributed by atoms with van der Waals surface area (Å²) in [6.45, 7) is 2.87. The molecule has 0 saturated heterocycles. The van der Waals surface area contributed by atoms with Crippen molar-refractivity contribution in [1.29, 1.82) is 0 Å². The normalized spacial score (nSPS) is 16.7. The molecule has 2 heterocycles. The van der Waals surface area contributed by atoms with Crippen LogP contribution >= 0.6 is 11.6 Å². The highest BCUT2D eigenvalue weighted by Gasteiger charge is 2.44. The number of hydrogen-bond donors (Lipinski definition) is 1. The fourth-order valence-electron chi connectivity index (χ4n) is 3.90. The van der Waals surface area contributed by atoms with Crippen molar-refractivity contribution in [3.8, 4) is 0 Å². The van der Waals surface area contributed by atoms with Crippen molar-refractivity contribution in [2.24, 2.45) is 0 Å². The van der Waals surface area contributed by atoms with Crippen LogP contribution in [-0.4, -0.2) is 53.8 Å². The molecule has 0 fully saturated rings. The Morgan fingerprint density at radius 2 is 1.94 bits per heavy atom. The van der Waals surface area contributed by atoms with E-state index in [4.69, 9.17) is 16.0 Å². The number of fused-ring (bicyclic) bond motifs is 1. The molecule has 1 amide bonds. The Kier molecular flexibility index (Phi) is 5.60. The third-order valence-corrected chi connectivity index (χ3v) is 5.76. The lowest BCUT2D eigenvalue weighted by molar-refractivity contribution is -0.129. The smallest absolute Gasteiger partial charge is 0.290 e. The molecule has 1 unspecified atom stereocenters. The topological polar surface area (TPSA) is 74.0 Å². The molecule has 7 heteroatoms. The molecular formula is C24H23ClN2O4. The summed E-state index contributed by atoms with van der Waals surface area (Å²) in [6.07, 6.45) is 0. The average molecular weight is 439 g/mol. The minimum atomic E-state index is -0.696. The molecule has 0 radical (unpaired) electrons. The Balaban J connectivity index is 1.81. The van der Waals surface area contributed by atoms with Crippen LogP contribution in [-0.2, 0) is 4.79 Å². The number of furan rings is 1. The van der Waals surface area contributed by atoms with Crippen molar-refractivity contribution in [2.45, 2.75) is 13.0 Å². The van der Waals surface area contributed by atoms with E-state index >= 15 is 0 Å². The van der Waals surface area contributed by atoms with Crippen LogP contribution in [0.3, 0.4) is 0 Å². The summed E-state index contributed by atoms with van der Waals surface area (Å²) in [6, 6.07) is 13.5. The van der Waals surface area contributed by atoms with Crippen molar-refractivity contribution in [3.05, 3.63) is 81.8 Å². The molecule has 1 aromatic heterocycles. The monoisotopic (exact) mass is 438 g/mol. The molecule has 1 N–H and O–H groups in total. The van der Waals surface area contributed by atoms with Crippen molar-refractivity contribution < 1.29 is 19.1 Å². The number of likely N-dealkylation sites (N-methyl/N-ethyl adjacent to an activating group) is 1. The van der Waals surface area contributed by atoms with Gasteiger partial charge in [-0.2, -0.15) is 0 Å². The van der Waals surface area contributed by atoms with Gasteiger partial charge in [-0.3, -0.25) is 9.59 Å². The fraction of sp³-hybridized carbons (Fsp3) is 0.250. The van der Waals surface area contributed by atoms with Gasteiger partial charge in [0, 0.05) is 23.5 Å². The van der Waals surface area contributed by atoms with Gasteiger partial charge in [-0.15, -0.1) is 0 Å². The first-order valence-electron chi connectivity index (χ1n) is 9.96. The van der Waals surface area contributed by atoms with Gasteiger partial charge in [0.05, 0.1) is 11.6 Å². The number of carbonyl (C=O) groups excluding carboxylic acids is 2. The van der Waals surface area contributed by atoms with E-state index in [-0.39, 0.29) is 11.3 Å². The summed E-state index contributed by atoms with van der Waals surface area (Å²) < 4.78 is 5.74. The molecule has 0 bridgehead atoms. The highest BCUT2D eigenvalue weighted by molar-refractivity contribution is 6.31. The standard InChI is InChI=1S/C24H23ClN2O4/c1-14-6-4-5-7-17(14)21-20(23(29)24(30)27(21)11-10-26(2)3)22(28)19-13-15-12-16(25)8-9-18(15)31-19/h4-9,12-13,21,29H,10-11H2,1-3H3. The Bertz CT molecular complexity index is 1210. The summed E-state index contributed by atoms with van der Waals surface area (Å²) in [7, 11) is 3.81. The number of halogens is 1. The zero-order chi connectivity index (χ0) is 22.3. The first kappa shape index (κ1) is 21.2. The number of nitrogens with zero attached hydrogens (tertiary/aromatic N) is 2. The van der Waals surface area contributed by atoms with Crippen LogP contribution in [0.5, 0.6) is 0 Å². The zero-order valence-corrected chi connectivity index (χ0v) is 18.3. The van der Waals surface area contributed by atoms with Crippen LogP contribution in [0.2, 0.25) is 5.02 Å². The van der Waals surface area contributed by atoms with E-state index in [0.29, 0.717) is 29.1 Å². The Hall–Kier alpha value is -3.09. The molecule has 0 saturated carbocycles. The van der Waals surface area contributed by atoms with E-state index in [0.717, 1.165) is 11.1 Å². The summed E-state index contributed by atoms with van der Waals surface area (Å²) >= 11 is 6.05. The van der Waals surface area contributed by atoms with E-state index < -0.39 is 23.5 Å². The third kappa shape index (κ3) is 3.84. The Morgan fingerprint density at radius 1 is 1.19 bits per heavy atom. The fourth-order valence-corrected chi connectivity index (χ4v) is 4.08. The van der Waals surface area contributed by atoms with Gasteiger partial charge in [0.15, 0.2) is 11.5 Å². The lowest BCUT2D eigenvalue weighted by Crippen LogP contribution is -2.36. The lowest BCUT2D eigenvalue weighted by Gasteiger charge is -2.28. The van der Waals surface area contributed by atoms with Gasteiger partial charge in [0.25, 0.3) is 5.91 Å². The maximum absolute atomic E-state index is 13.5. The number of rotatable bonds is 6. The van der Waals surface area contributed by atoms with Crippen LogP contribution in [0.15, 0.2) is 64.3 Å². The first-order valence-corrected chi connectivity index (χ1v) is 10.3. The van der Waals surface area contributed by atoms with Gasteiger partial charge in [-0.1, -0.05) is 35.9 Å². The molecule has 6 nitrogen and oxygen atoms in total. The SMILES string of the molecule is Cc1ccccc1C1C(C(=O)c2cc3cc(Cl)ccc3o2)=C(O)C(=O)N1CCN(C)C. The summed E-state index contributed by atoms with van der Waals surface area (Å²) in [5.41, 5.74) is 2.25. The number of aliphatic hydroxyl groups is 1. The number of ketones is 1. The molecule has 4 rings (SSSR count). The number of Topliss-reactive ketones (excluding diaryl/α,β-unsaturated/α-hetero) is 1. The molecule has 0 spiro atoms. The molecule has 0 aliphatic carbocycles. The summed E-state index contributed by atoms with van der Waals surface area (Å²) in [5.74, 6) is -1.55. The highest BCUT2D eigenvalue weighted by Crippen LogP contribution is 2.40. The van der Waals surface area contributed by atoms with Crippen LogP contribution < -0.4 is 0 Å². The second kappa shape index (κ2) is 8.21. The predicted molar refractivity (Wildman–Crippen MR) is 119 cm³/mol. The molecule has 31 heavy (non-hydrogen) atoms. The number of benzene rings is 2. The van der Waals surface area contributed by atoms with Crippen molar-refractivity contribution in [3.63, 3.8) is 0 Å². The van der Waals surface area contributed by atoms with E-state index in [1.807, 2.05) is 50.2 Å². The summed E-state index contributed by atoms with van der Waals surface area (Å²) in [5, 5.41) is 12.0. The average Bonchev–Trinajstić information content (AvgIpc) is 3.25. The second-order valence-corrected chi connectivity index (χ2v) is 8.38. The largest absolute Gasteiger partial charge is 0.503 e. The van der Waals surface area contributed by atoms with E-state index in [1.165, 1.54) is 0 Å². The number of amides is 1. The summed E-state index contributed by atoms with van der Waals surface area (Å²) in [4.78, 5) is 30.0. The number of aryl methyl sites for hydroxylation is 1. The second-order valence-electron chi connectivity index (χ2n) is 7.95. The quantitative estimate of drug-likeness (QED) is 0.572. The molecule has 160 valence electrons. The number of carbonyl (C=O) groups is 2. The van der Waals surface area contributed by atoms with Gasteiger partial charge in [0.2, 0.25) is 5.78 Å². The minimum Gasteiger partial charge on any atom is -0.503 e. The molecule has 3 aromatic rings. The van der Waals surface area contributed by atoms with Crippen molar-refractivity contribution in [2.75, 3.05) is 27.2 Å². The van der Waals surface area contributed by atoms with Crippen LogP contribution in [0, 0.1) is 6.92 Å². The van der Waals surface area contributed by atoms with Gasteiger partial charge in [-0.25, -0.2) is 0 Å². The number of aliphatic hydroxyl groups excluding tert-OH is 1. The Labute approximate surface area is 185 Å². The minimum absolute atomic E-state index is 0.0307. The first-order chi connectivity index (χ1) is 14.8. The van der Waals surface area contributed by atoms with Gasteiger partial charge in [-0.05, 0) is 56.4 Å². The maximum atomic E-state index is 13.5. The van der Waals surface area contributed by atoms with E-state index in [1.54, 1.807) is 29.2 Å². The van der Waals surface area contributed by atoms with Crippen molar-refractivity contribution in [1.82, 2.24) is 9.80 Å². The van der Waals surface area contributed by atoms with Crippen LogP contribution in [0.25, 0.3) is 11.0 Å². The van der Waals surface area contributed by atoms with Gasteiger partial charge in [0.1, 0.15) is 5.58 Å². The van der Waals surface area contributed by atoms with E-state index in [2.05, 4.69) is 0 Å². The molecule has 1 aliphatic heterocycles. The molecule has 2 aromatic carbocycles. The van der Waals surface area contributed by atoms with Crippen LogP contribution in [0.1, 0.15) is 27.7 Å².